The molecule has 0 amide bonds. The SMILES string of the molecule is CCN(CC)c1ccc(CN=C(N)Nc2cccc3c2CCCC3)cn1.I. The van der Waals surface area contributed by atoms with Crippen molar-refractivity contribution < 1.29 is 0 Å². The first-order valence-corrected chi connectivity index (χ1v) is 9.58. The number of pyridine rings is 1. The number of nitrogens with one attached hydrogen (secondary N) is 1. The molecule has 0 saturated heterocycles. The van der Waals surface area contributed by atoms with Crippen molar-refractivity contribution >= 4 is 41.4 Å². The summed E-state index contributed by atoms with van der Waals surface area (Å²) in [5.74, 6) is 1.46. The highest BCUT2D eigenvalue weighted by Gasteiger charge is 2.13. The van der Waals surface area contributed by atoms with E-state index >= 15 is 0 Å². The fraction of sp³-hybridized carbons (Fsp3) is 0.429. The molecule has 0 saturated carbocycles. The normalized spacial score (nSPS) is 13.5. The predicted octanol–water partition coefficient (Wildman–Crippen LogP) is 4.35. The van der Waals surface area contributed by atoms with Gasteiger partial charge in [0.2, 0.25) is 0 Å². The van der Waals surface area contributed by atoms with E-state index in [1.807, 2.05) is 6.20 Å². The zero-order valence-corrected chi connectivity index (χ0v) is 18.6. The van der Waals surface area contributed by atoms with Crippen molar-refractivity contribution in [1.29, 1.82) is 0 Å². The maximum atomic E-state index is 6.12. The maximum Gasteiger partial charge on any atom is 0.193 e. The molecule has 0 bridgehead atoms. The number of guanidine groups is 1. The number of aliphatic imine (C=N–C) groups is 1. The quantitative estimate of drug-likeness (QED) is 0.367. The predicted molar refractivity (Wildman–Crippen MR) is 125 cm³/mol. The highest BCUT2D eigenvalue weighted by atomic mass is 127. The number of fused-ring (bicyclic) bond motifs is 1. The van der Waals surface area contributed by atoms with Crippen molar-refractivity contribution in [2.75, 3.05) is 23.3 Å². The number of halogens is 1. The Balaban J connectivity index is 0.00000261. The van der Waals surface area contributed by atoms with Crippen LogP contribution in [0.25, 0.3) is 0 Å². The fourth-order valence-electron chi connectivity index (χ4n) is 3.50. The Bertz CT molecular complexity index is 754. The van der Waals surface area contributed by atoms with Crippen LogP contribution >= 0.6 is 24.0 Å². The van der Waals surface area contributed by atoms with Gasteiger partial charge in [0.1, 0.15) is 5.82 Å². The van der Waals surface area contributed by atoms with E-state index in [0.717, 1.165) is 43.0 Å². The summed E-state index contributed by atoms with van der Waals surface area (Å²) in [6.07, 6.45) is 6.67. The Morgan fingerprint density at radius 3 is 2.63 bits per heavy atom. The van der Waals surface area contributed by atoms with Crippen LogP contribution in [0.5, 0.6) is 0 Å². The standard InChI is InChI=1S/C21H29N5.HI/c1-3-26(4-2)20-13-12-16(14-23-20)15-24-21(22)25-19-11-7-9-17-8-5-6-10-18(17)19;/h7,9,11-14H,3-6,8,10,15H2,1-2H3,(H3,22,24,25);1H. The molecular formula is C21H30IN5. The lowest BCUT2D eigenvalue weighted by Crippen LogP contribution is -2.24. The Labute approximate surface area is 179 Å². The van der Waals surface area contributed by atoms with E-state index in [9.17, 15) is 0 Å². The topological polar surface area (TPSA) is 66.5 Å². The van der Waals surface area contributed by atoms with Crippen LogP contribution in [0, 0.1) is 0 Å². The molecule has 0 aliphatic heterocycles. The number of hydrogen-bond acceptors (Lipinski definition) is 3. The van der Waals surface area contributed by atoms with Crippen LogP contribution in [0.1, 0.15) is 43.4 Å². The highest BCUT2D eigenvalue weighted by Crippen LogP contribution is 2.27. The van der Waals surface area contributed by atoms with Crippen LogP contribution in [-0.2, 0) is 19.4 Å². The number of hydrogen-bond donors (Lipinski definition) is 2. The summed E-state index contributed by atoms with van der Waals surface area (Å²) in [6, 6.07) is 10.5. The fourth-order valence-corrected chi connectivity index (χ4v) is 3.50. The molecule has 1 heterocycles. The molecule has 6 heteroatoms. The molecule has 1 aromatic carbocycles. The zero-order chi connectivity index (χ0) is 18.4. The number of aryl methyl sites for hydroxylation is 1. The second-order valence-corrected chi connectivity index (χ2v) is 6.67. The lowest BCUT2D eigenvalue weighted by Gasteiger charge is -2.20. The van der Waals surface area contributed by atoms with Crippen LogP contribution in [0.3, 0.4) is 0 Å². The van der Waals surface area contributed by atoms with Gasteiger partial charge in [-0.1, -0.05) is 18.2 Å². The monoisotopic (exact) mass is 479 g/mol. The van der Waals surface area contributed by atoms with Crippen molar-refractivity contribution in [3.8, 4) is 0 Å². The summed E-state index contributed by atoms with van der Waals surface area (Å²) in [5, 5.41) is 3.29. The third-order valence-corrected chi connectivity index (χ3v) is 4.99. The van der Waals surface area contributed by atoms with Gasteiger partial charge in [-0.15, -0.1) is 24.0 Å². The average molecular weight is 479 g/mol. The first-order chi connectivity index (χ1) is 12.7. The summed E-state index contributed by atoms with van der Waals surface area (Å²) >= 11 is 0. The van der Waals surface area contributed by atoms with Crippen LogP contribution in [-0.4, -0.2) is 24.0 Å². The molecule has 3 N–H and O–H groups in total. The molecule has 1 aromatic heterocycles. The Hall–Kier alpha value is -1.83. The third-order valence-electron chi connectivity index (χ3n) is 4.99. The molecule has 5 nitrogen and oxygen atoms in total. The van der Waals surface area contributed by atoms with E-state index in [2.05, 4.69) is 64.4 Å². The van der Waals surface area contributed by atoms with Crippen LogP contribution in [0.15, 0.2) is 41.5 Å². The highest BCUT2D eigenvalue weighted by molar-refractivity contribution is 14.0. The van der Waals surface area contributed by atoms with Gasteiger partial charge in [0.15, 0.2) is 5.96 Å². The minimum Gasteiger partial charge on any atom is -0.370 e. The van der Waals surface area contributed by atoms with Gasteiger partial charge in [-0.2, -0.15) is 0 Å². The molecule has 0 radical (unpaired) electrons. The van der Waals surface area contributed by atoms with E-state index < -0.39 is 0 Å². The summed E-state index contributed by atoms with van der Waals surface area (Å²) < 4.78 is 0. The second kappa shape index (κ2) is 10.5. The van der Waals surface area contributed by atoms with Crippen molar-refractivity contribution in [3.05, 3.63) is 53.2 Å². The molecule has 2 aromatic rings. The number of aromatic nitrogens is 1. The molecule has 1 aliphatic carbocycles. The van der Waals surface area contributed by atoms with Crippen LogP contribution in [0.2, 0.25) is 0 Å². The van der Waals surface area contributed by atoms with Gasteiger partial charge < -0.3 is 16.0 Å². The first-order valence-electron chi connectivity index (χ1n) is 9.58. The molecule has 0 spiro atoms. The number of benzene rings is 1. The average Bonchev–Trinajstić information content (AvgIpc) is 2.68. The lowest BCUT2D eigenvalue weighted by atomic mass is 9.90. The van der Waals surface area contributed by atoms with Gasteiger partial charge in [0, 0.05) is 25.0 Å². The minimum atomic E-state index is 0. The lowest BCUT2D eigenvalue weighted by molar-refractivity contribution is 0.687. The van der Waals surface area contributed by atoms with Crippen LogP contribution in [0.4, 0.5) is 11.5 Å². The summed E-state index contributed by atoms with van der Waals surface area (Å²) in [7, 11) is 0. The summed E-state index contributed by atoms with van der Waals surface area (Å²) in [4.78, 5) is 11.2. The Morgan fingerprint density at radius 1 is 1.15 bits per heavy atom. The van der Waals surface area contributed by atoms with E-state index in [4.69, 9.17) is 5.73 Å². The molecule has 1 aliphatic rings. The molecule has 0 unspecified atom stereocenters. The largest absolute Gasteiger partial charge is 0.370 e. The Morgan fingerprint density at radius 2 is 1.93 bits per heavy atom. The van der Waals surface area contributed by atoms with Crippen molar-refractivity contribution in [2.24, 2.45) is 10.7 Å². The molecule has 146 valence electrons. The van der Waals surface area contributed by atoms with E-state index in [0.29, 0.717) is 12.5 Å². The molecule has 3 rings (SSSR count). The third kappa shape index (κ3) is 5.57. The summed E-state index contributed by atoms with van der Waals surface area (Å²) in [5.41, 5.74) is 11.1. The smallest absolute Gasteiger partial charge is 0.193 e. The molecule has 0 fully saturated rings. The first kappa shape index (κ1) is 21.5. The van der Waals surface area contributed by atoms with Gasteiger partial charge in [-0.05, 0) is 68.4 Å². The van der Waals surface area contributed by atoms with Gasteiger partial charge in [0.25, 0.3) is 0 Å². The van der Waals surface area contributed by atoms with Crippen molar-refractivity contribution in [2.45, 2.75) is 46.1 Å². The van der Waals surface area contributed by atoms with Gasteiger partial charge in [0.05, 0.1) is 6.54 Å². The van der Waals surface area contributed by atoms with E-state index in [1.165, 1.54) is 24.0 Å². The molecule has 27 heavy (non-hydrogen) atoms. The second-order valence-electron chi connectivity index (χ2n) is 6.67. The molecule has 0 atom stereocenters. The van der Waals surface area contributed by atoms with Gasteiger partial charge in [-0.3, -0.25) is 0 Å². The van der Waals surface area contributed by atoms with Gasteiger partial charge >= 0.3 is 0 Å². The number of nitrogens with two attached hydrogens (primary N) is 1. The van der Waals surface area contributed by atoms with Crippen molar-refractivity contribution in [1.82, 2.24) is 4.98 Å². The Kier molecular flexibility index (Phi) is 8.34. The number of anilines is 2. The minimum absolute atomic E-state index is 0. The zero-order valence-electron chi connectivity index (χ0n) is 16.2. The van der Waals surface area contributed by atoms with Gasteiger partial charge in [-0.25, -0.2) is 9.98 Å². The van der Waals surface area contributed by atoms with E-state index in [-0.39, 0.29) is 24.0 Å². The number of rotatable bonds is 6. The van der Waals surface area contributed by atoms with E-state index in [1.54, 1.807) is 0 Å². The summed E-state index contributed by atoms with van der Waals surface area (Å²) in [6.45, 7) is 6.72. The van der Waals surface area contributed by atoms with Crippen molar-refractivity contribution in [3.63, 3.8) is 0 Å². The maximum absolute atomic E-state index is 6.12. The number of nitrogens with zero attached hydrogens (tertiary/aromatic N) is 3. The molecular weight excluding hydrogens is 449 g/mol. The van der Waals surface area contributed by atoms with Crippen LogP contribution < -0.4 is 16.0 Å².